The zero-order valence-electron chi connectivity index (χ0n) is 12.9. The third-order valence-corrected chi connectivity index (χ3v) is 6.08. The van der Waals surface area contributed by atoms with Crippen LogP contribution in [0.25, 0.3) is 10.8 Å². The first kappa shape index (κ1) is 15.9. The van der Waals surface area contributed by atoms with Crippen LogP contribution in [0.15, 0.2) is 36.7 Å². The molecule has 2 heterocycles. The van der Waals surface area contributed by atoms with E-state index in [2.05, 4.69) is 9.71 Å². The lowest BCUT2D eigenvalue weighted by Crippen LogP contribution is -2.37. The number of carbonyl (C=O) groups is 1. The molecule has 122 valence electrons. The third kappa shape index (κ3) is 3.07. The second-order valence-electron chi connectivity index (χ2n) is 5.61. The minimum atomic E-state index is -3.36. The van der Waals surface area contributed by atoms with Crippen molar-refractivity contribution >= 4 is 26.7 Å². The summed E-state index contributed by atoms with van der Waals surface area (Å²) >= 11 is 0. The van der Waals surface area contributed by atoms with Crippen LogP contribution in [0.4, 0.5) is 0 Å². The van der Waals surface area contributed by atoms with E-state index in [-0.39, 0.29) is 12.5 Å². The van der Waals surface area contributed by atoms with Gasteiger partial charge in [-0.1, -0.05) is 19.1 Å². The van der Waals surface area contributed by atoms with Crippen LogP contribution in [0.5, 0.6) is 0 Å². The van der Waals surface area contributed by atoms with E-state index in [0.29, 0.717) is 25.1 Å². The molecule has 0 bridgehead atoms. The minimum Gasteiger partial charge on any atom is -0.337 e. The number of carbonyl (C=O) groups excluding carboxylic acids is 1. The van der Waals surface area contributed by atoms with Gasteiger partial charge in [-0.05, 0) is 23.9 Å². The van der Waals surface area contributed by atoms with Crippen LogP contribution in [-0.2, 0) is 10.0 Å². The van der Waals surface area contributed by atoms with Crippen molar-refractivity contribution in [2.75, 3.05) is 19.6 Å². The summed E-state index contributed by atoms with van der Waals surface area (Å²) in [5.41, 5.74) is 0.589. The van der Waals surface area contributed by atoms with Crippen LogP contribution in [0.2, 0.25) is 0 Å². The first-order valence-electron chi connectivity index (χ1n) is 7.63. The van der Waals surface area contributed by atoms with Crippen LogP contribution in [-0.4, -0.2) is 49.1 Å². The Bertz CT molecular complexity index is 830. The number of hydrogen-bond acceptors (Lipinski definition) is 4. The summed E-state index contributed by atoms with van der Waals surface area (Å²) in [5, 5.41) is 1.20. The van der Waals surface area contributed by atoms with Crippen molar-refractivity contribution in [1.29, 1.82) is 0 Å². The molecule has 1 unspecified atom stereocenters. The molecule has 1 aliphatic heterocycles. The number of likely N-dealkylation sites (tertiary alicyclic amines) is 1. The smallest absolute Gasteiger partial charge is 0.254 e. The maximum absolute atomic E-state index is 12.8. The maximum atomic E-state index is 12.8. The number of nitrogens with zero attached hydrogens (tertiary/aromatic N) is 2. The summed E-state index contributed by atoms with van der Waals surface area (Å²) in [5.74, 6) is -0.129. The SMILES string of the molecule is CCNS(=O)(=O)C1CCN(C(=O)c2cccc3cnccc23)C1. The molecule has 1 aromatic heterocycles. The summed E-state index contributed by atoms with van der Waals surface area (Å²) in [6.45, 7) is 2.80. The number of fused-ring (bicyclic) bond motifs is 1. The number of nitrogens with one attached hydrogen (secondary N) is 1. The van der Waals surface area contributed by atoms with Gasteiger partial charge in [0, 0.05) is 43.0 Å². The Balaban J connectivity index is 1.84. The van der Waals surface area contributed by atoms with Crippen molar-refractivity contribution in [3.05, 3.63) is 42.2 Å². The van der Waals surface area contributed by atoms with Gasteiger partial charge in [0.05, 0.1) is 5.25 Å². The average Bonchev–Trinajstić information content (AvgIpc) is 3.04. The number of hydrogen-bond donors (Lipinski definition) is 1. The summed E-state index contributed by atoms with van der Waals surface area (Å²) in [7, 11) is -3.36. The fraction of sp³-hybridized carbons (Fsp3) is 0.375. The number of pyridine rings is 1. The Hall–Kier alpha value is -1.99. The monoisotopic (exact) mass is 333 g/mol. The molecular formula is C16H19N3O3S. The predicted molar refractivity (Wildman–Crippen MR) is 88.6 cm³/mol. The molecule has 0 spiro atoms. The minimum absolute atomic E-state index is 0.129. The van der Waals surface area contributed by atoms with Crippen LogP contribution >= 0.6 is 0 Å². The van der Waals surface area contributed by atoms with E-state index in [1.54, 1.807) is 30.3 Å². The van der Waals surface area contributed by atoms with Gasteiger partial charge in [-0.2, -0.15) is 0 Å². The lowest BCUT2D eigenvalue weighted by molar-refractivity contribution is 0.0795. The highest BCUT2D eigenvalue weighted by atomic mass is 32.2. The molecule has 1 atom stereocenters. The second kappa shape index (κ2) is 6.25. The van der Waals surface area contributed by atoms with E-state index in [9.17, 15) is 13.2 Å². The molecule has 7 heteroatoms. The van der Waals surface area contributed by atoms with Crippen molar-refractivity contribution in [2.24, 2.45) is 0 Å². The molecule has 0 saturated carbocycles. The van der Waals surface area contributed by atoms with Gasteiger partial charge in [-0.25, -0.2) is 13.1 Å². The van der Waals surface area contributed by atoms with E-state index >= 15 is 0 Å². The Labute approximate surface area is 135 Å². The van der Waals surface area contributed by atoms with E-state index < -0.39 is 15.3 Å². The normalized spacial score (nSPS) is 18.5. The molecular weight excluding hydrogens is 314 g/mol. The topological polar surface area (TPSA) is 79.4 Å². The largest absolute Gasteiger partial charge is 0.337 e. The molecule has 1 aliphatic rings. The zero-order valence-corrected chi connectivity index (χ0v) is 13.7. The lowest BCUT2D eigenvalue weighted by atomic mass is 10.1. The molecule has 1 aromatic carbocycles. The average molecular weight is 333 g/mol. The van der Waals surface area contributed by atoms with Crippen molar-refractivity contribution in [3.63, 3.8) is 0 Å². The summed E-state index contributed by atoms with van der Waals surface area (Å²) in [6.07, 6.45) is 3.84. The first-order valence-corrected chi connectivity index (χ1v) is 9.18. The third-order valence-electron chi connectivity index (χ3n) is 4.13. The fourth-order valence-electron chi connectivity index (χ4n) is 2.96. The zero-order chi connectivity index (χ0) is 16.4. The second-order valence-corrected chi connectivity index (χ2v) is 7.65. The van der Waals surface area contributed by atoms with Crippen molar-refractivity contribution in [1.82, 2.24) is 14.6 Å². The first-order chi connectivity index (χ1) is 11.0. The molecule has 3 rings (SSSR count). The van der Waals surface area contributed by atoms with Gasteiger partial charge in [0.1, 0.15) is 0 Å². The Morgan fingerprint density at radius 1 is 1.39 bits per heavy atom. The van der Waals surface area contributed by atoms with Crippen LogP contribution < -0.4 is 4.72 Å². The van der Waals surface area contributed by atoms with E-state index in [0.717, 1.165) is 10.8 Å². The molecule has 1 N–H and O–H groups in total. The predicted octanol–water partition coefficient (Wildman–Crippen LogP) is 1.39. The van der Waals surface area contributed by atoms with Gasteiger partial charge in [0.25, 0.3) is 5.91 Å². The molecule has 1 amide bonds. The van der Waals surface area contributed by atoms with Crippen LogP contribution in [0, 0.1) is 0 Å². The number of amides is 1. The number of aromatic nitrogens is 1. The molecule has 1 fully saturated rings. The highest BCUT2D eigenvalue weighted by Gasteiger charge is 2.35. The Kier molecular flexibility index (Phi) is 4.32. The van der Waals surface area contributed by atoms with Gasteiger partial charge in [0.15, 0.2) is 0 Å². The van der Waals surface area contributed by atoms with Gasteiger partial charge in [0.2, 0.25) is 10.0 Å². The van der Waals surface area contributed by atoms with Crippen LogP contribution in [0.3, 0.4) is 0 Å². The number of rotatable bonds is 4. The van der Waals surface area contributed by atoms with E-state index in [1.807, 2.05) is 18.2 Å². The summed E-state index contributed by atoms with van der Waals surface area (Å²) in [6, 6.07) is 7.31. The van der Waals surface area contributed by atoms with E-state index in [1.165, 1.54) is 0 Å². The highest BCUT2D eigenvalue weighted by molar-refractivity contribution is 7.90. The molecule has 6 nitrogen and oxygen atoms in total. The quantitative estimate of drug-likeness (QED) is 0.917. The maximum Gasteiger partial charge on any atom is 0.254 e. The standard InChI is InChI=1S/C16H19N3O3S/c1-2-18-23(21,22)13-7-9-19(11-13)16(20)15-5-3-4-12-10-17-8-6-14(12)15/h3-6,8,10,13,18H,2,7,9,11H2,1H3. The van der Waals surface area contributed by atoms with Crippen molar-refractivity contribution in [3.8, 4) is 0 Å². The van der Waals surface area contributed by atoms with Gasteiger partial charge in [-0.15, -0.1) is 0 Å². The molecule has 0 radical (unpaired) electrons. The Morgan fingerprint density at radius 3 is 3.00 bits per heavy atom. The molecule has 23 heavy (non-hydrogen) atoms. The molecule has 1 saturated heterocycles. The molecule has 0 aliphatic carbocycles. The van der Waals surface area contributed by atoms with Crippen LogP contribution in [0.1, 0.15) is 23.7 Å². The van der Waals surface area contributed by atoms with Gasteiger partial charge in [-0.3, -0.25) is 9.78 Å². The number of sulfonamides is 1. The van der Waals surface area contributed by atoms with Crippen molar-refractivity contribution < 1.29 is 13.2 Å². The van der Waals surface area contributed by atoms with E-state index in [4.69, 9.17) is 0 Å². The Morgan fingerprint density at radius 2 is 2.22 bits per heavy atom. The molecule has 2 aromatic rings. The van der Waals surface area contributed by atoms with Gasteiger partial charge < -0.3 is 4.90 Å². The lowest BCUT2D eigenvalue weighted by Gasteiger charge is -2.18. The highest BCUT2D eigenvalue weighted by Crippen LogP contribution is 2.23. The number of benzene rings is 1. The fourth-order valence-corrected chi connectivity index (χ4v) is 4.39. The summed E-state index contributed by atoms with van der Waals surface area (Å²) < 4.78 is 26.7. The summed E-state index contributed by atoms with van der Waals surface area (Å²) in [4.78, 5) is 18.5. The van der Waals surface area contributed by atoms with Gasteiger partial charge >= 0.3 is 0 Å². The van der Waals surface area contributed by atoms with Crippen molar-refractivity contribution in [2.45, 2.75) is 18.6 Å².